The lowest BCUT2D eigenvalue weighted by Gasteiger charge is -2.29. The molecule has 14 heavy (non-hydrogen) atoms. The zero-order valence-electron chi connectivity index (χ0n) is 9.31. The second kappa shape index (κ2) is 3.56. The average molecular weight is 190 g/mol. The van der Waals surface area contributed by atoms with Crippen molar-refractivity contribution in [2.45, 2.75) is 33.6 Å². The molecule has 0 bridgehead atoms. The van der Waals surface area contributed by atoms with Crippen LogP contribution in [-0.2, 0) is 4.79 Å². The van der Waals surface area contributed by atoms with Gasteiger partial charge < -0.3 is 0 Å². The van der Waals surface area contributed by atoms with Crippen molar-refractivity contribution in [2.75, 3.05) is 0 Å². The number of carbonyl (C=O) groups is 1. The summed E-state index contributed by atoms with van der Waals surface area (Å²) < 4.78 is 0. The van der Waals surface area contributed by atoms with E-state index in [4.69, 9.17) is 0 Å². The summed E-state index contributed by atoms with van der Waals surface area (Å²) in [4.78, 5) is 11.5. The maximum absolute atomic E-state index is 11.5. The molecule has 0 saturated carbocycles. The molecule has 1 aliphatic rings. The molecule has 0 aromatic heterocycles. The SMILES string of the molecule is C=C(C)C(=C)C1=CC(=O)CC(C)(C)C1. The van der Waals surface area contributed by atoms with Crippen molar-refractivity contribution in [3.8, 4) is 0 Å². The molecular weight excluding hydrogens is 172 g/mol. The van der Waals surface area contributed by atoms with E-state index in [0.29, 0.717) is 6.42 Å². The van der Waals surface area contributed by atoms with Gasteiger partial charge in [0.1, 0.15) is 0 Å². The van der Waals surface area contributed by atoms with Crippen LogP contribution in [0, 0.1) is 5.41 Å². The van der Waals surface area contributed by atoms with Crippen LogP contribution >= 0.6 is 0 Å². The normalized spacial score (nSPS) is 20.2. The third-order valence-electron chi connectivity index (χ3n) is 2.56. The number of carbonyl (C=O) groups excluding carboxylic acids is 1. The third-order valence-corrected chi connectivity index (χ3v) is 2.56. The van der Waals surface area contributed by atoms with Gasteiger partial charge in [0.15, 0.2) is 5.78 Å². The topological polar surface area (TPSA) is 17.1 Å². The first-order chi connectivity index (χ1) is 6.32. The third kappa shape index (κ3) is 2.44. The molecule has 0 aromatic rings. The van der Waals surface area contributed by atoms with Crippen LogP contribution < -0.4 is 0 Å². The minimum atomic E-state index is 0.0690. The van der Waals surface area contributed by atoms with Crippen LogP contribution in [0.2, 0.25) is 0 Å². The Morgan fingerprint density at radius 2 is 1.93 bits per heavy atom. The lowest BCUT2D eigenvalue weighted by atomic mass is 9.74. The Labute approximate surface area is 86.2 Å². The lowest BCUT2D eigenvalue weighted by molar-refractivity contribution is -0.116. The van der Waals surface area contributed by atoms with Crippen LogP contribution in [0.3, 0.4) is 0 Å². The Morgan fingerprint density at radius 3 is 2.36 bits per heavy atom. The van der Waals surface area contributed by atoms with Gasteiger partial charge in [0.05, 0.1) is 0 Å². The van der Waals surface area contributed by atoms with E-state index >= 15 is 0 Å². The fourth-order valence-electron chi connectivity index (χ4n) is 1.81. The molecule has 0 fully saturated rings. The summed E-state index contributed by atoms with van der Waals surface area (Å²) in [6.45, 7) is 14.0. The van der Waals surface area contributed by atoms with E-state index in [9.17, 15) is 4.79 Å². The summed E-state index contributed by atoms with van der Waals surface area (Å²) in [5, 5.41) is 0. The van der Waals surface area contributed by atoms with Gasteiger partial charge in [-0.05, 0) is 36.0 Å². The summed E-state index contributed by atoms with van der Waals surface area (Å²) in [6.07, 6.45) is 3.28. The summed E-state index contributed by atoms with van der Waals surface area (Å²) in [6, 6.07) is 0. The van der Waals surface area contributed by atoms with E-state index in [1.807, 2.05) is 6.92 Å². The molecule has 0 unspecified atom stereocenters. The number of ketones is 1. The standard InChI is InChI=1S/C13H18O/c1-9(2)10(3)11-6-12(14)8-13(4,5)7-11/h6H,1,3,7-8H2,2,4-5H3. The van der Waals surface area contributed by atoms with Crippen LogP contribution in [0.1, 0.15) is 33.6 Å². The number of allylic oxidation sites excluding steroid dienone is 4. The molecule has 0 N–H and O–H groups in total. The first-order valence-electron chi connectivity index (χ1n) is 4.90. The average Bonchev–Trinajstić information content (AvgIpc) is 1.98. The second-order valence-electron chi connectivity index (χ2n) is 4.91. The smallest absolute Gasteiger partial charge is 0.156 e. The van der Waals surface area contributed by atoms with Crippen LogP contribution in [0.15, 0.2) is 36.0 Å². The molecule has 0 radical (unpaired) electrons. The van der Waals surface area contributed by atoms with Gasteiger partial charge in [-0.15, -0.1) is 0 Å². The Bertz CT molecular complexity index is 329. The molecule has 0 saturated heterocycles. The molecular formula is C13H18O. The van der Waals surface area contributed by atoms with Crippen LogP contribution in [-0.4, -0.2) is 5.78 Å². The Balaban J connectivity index is 2.96. The molecule has 1 nitrogen and oxygen atoms in total. The van der Waals surface area contributed by atoms with E-state index in [-0.39, 0.29) is 11.2 Å². The highest BCUT2D eigenvalue weighted by molar-refractivity contribution is 5.92. The van der Waals surface area contributed by atoms with Crippen molar-refractivity contribution in [2.24, 2.45) is 5.41 Å². The van der Waals surface area contributed by atoms with E-state index in [1.165, 1.54) is 0 Å². The van der Waals surface area contributed by atoms with Crippen LogP contribution in [0.5, 0.6) is 0 Å². The van der Waals surface area contributed by atoms with Crippen molar-refractivity contribution in [3.63, 3.8) is 0 Å². The molecule has 76 valence electrons. The summed E-state index contributed by atoms with van der Waals surface area (Å²) in [7, 11) is 0. The van der Waals surface area contributed by atoms with Gasteiger partial charge in [-0.25, -0.2) is 0 Å². The van der Waals surface area contributed by atoms with Gasteiger partial charge in [-0.2, -0.15) is 0 Å². The summed E-state index contributed by atoms with van der Waals surface area (Å²) >= 11 is 0. The molecule has 0 aliphatic heterocycles. The molecule has 1 heteroatoms. The fourth-order valence-corrected chi connectivity index (χ4v) is 1.81. The minimum Gasteiger partial charge on any atom is -0.295 e. The predicted octanol–water partition coefficient (Wildman–Crippen LogP) is 3.43. The van der Waals surface area contributed by atoms with Crippen molar-refractivity contribution in [3.05, 3.63) is 36.0 Å². The Morgan fingerprint density at radius 1 is 1.36 bits per heavy atom. The Hall–Kier alpha value is -1.11. The molecule has 0 atom stereocenters. The largest absolute Gasteiger partial charge is 0.295 e. The molecule has 0 aromatic carbocycles. The van der Waals surface area contributed by atoms with E-state index in [1.54, 1.807) is 6.08 Å². The molecule has 0 amide bonds. The van der Waals surface area contributed by atoms with Crippen molar-refractivity contribution in [1.82, 2.24) is 0 Å². The summed E-state index contributed by atoms with van der Waals surface area (Å²) in [5.74, 6) is 0.207. The number of rotatable bonds is 2. The Kier molecular flexibility index (Phi) is 2.79. The molecule has 0 spiro atoms. The second-order valence-corrected chi connectivity index (χ2v) is 4.91. The molecule has 0 heterocycles. The van der Waals surface area contributed by atoms with Gasteiger partial charge in [0.25, 0.3) is 0 Å². The van der Waals surface area contributed by atoms with Crippen molar-refractivity contribution in [1.29, 1.82) is 0 Å². The highest BCUT2D eigenvalue weighted by Gasteiger charge is 2.28. The van der Waals surface area contributed by atoms with Gasteiger partial charge >= 0.3 is 0 Å². The van der Waals surface area contributed by atoms with Gasteiger partial charge in [0, 0.05) is 6.42 Å². The maximum atomic E-state index is 11.5. The lowest BCUT2D eigenvalue weighted by Crippen LogP contribution is -2.22. The van der Waals surface area contributed by atoms with Gasteiger partial charge in [-0.3, -0.25) is 4.79 Å². The van der Waals surface area contributed by atoms with Crippen LogP contribution in [0.25, 0.3) is 0 Å². The quantitative estimate of drug-likeness (QED) is 0.610. The minimum absolute atomic E-state index is 0.0690. The zero-order chi connectivity index (χ0) is 10.9. The first-order valence-corrected chi connectivity index (χ1v) is 4.90. The number of hydrogen-bond acceptors (Lipinski definition) is 1. The van der Waals surface area contributed by atoms with Crippen molar-refractivity contribution >= 4 is 5.78 Å². The van der Waals surface area contributed by atoms with E-state index in [2.05, 4.69) is 27.0 Å². The molecule has 1 rings (SSSR count). The van der Waals surface area contributed by atoms with Crippen molar-refractivity contribution < 1.29 is 4.79 Å². The fraction of sp³-hybridized carbons (Fsp3) is 0.462. The monoisotopic (exact) mass is 190 g/mol. The highest BCUT2D eigenvalue weighted by Crippen LogP contribution is 2.37. The van der Waals surface area contributed by atoms with Gasteiger partial charge in [-0.1, -0.05) is 32.6 Å². The van der Waals surface area contributed by atoms with E-state index < -0.39 is 0 Å². The van der Waals surface area contributed by atoms with Gasteiger partial charge in [0.2, 0.25) is 0 Å². The van der Waals surface area contributed by atoms with Crippen LogP contribution in [0.4, 0.5) is 0 Å². The predicted molar refractivity (Wildman–Crippen MR) is 60.1 cm³/mol. The van der Waals surface area contributed by atoms with E-state index in [0.717, 1.165) is 23.1 Å². The maximum Gasteiger partial charge on any atom is 0.156 e. The zero-order valence-corrected chi connectivity index (χ0v) is 9.31. The summed E-state index contributed by atoms with van der Waals surface area (Å²) in [5.41, 5.74) is 2.99. The highest BCUT2D eigenvalue weighted by atomic mass is 16.1. The first kappa shape index (κ1) is 11.0. The number of hydrogen-bond donors (Lipinski definition) is 0. The molecule has 1 aliphatic carbocycles.